The number of nitrogens with one attached hydrogen (secondary N) is 1. The van der Waals surface area contributed by atoms with Gasteiger partial charge in [-0.2, -0.15) is 0 Å². The number of hydrogen-bond donors (Lipinski definition) is 1. The summed E-state index contributed by atoms with van der Waals surface area (Å²) in [5.74, 6) is 1.63. The molecule has 1 N–H and O–H groups in total. The summed E-state index contributed by atoms with van der Waals surface area (Å²) in [6.45, 7) is 7.74. The van der Waals surface area contributed by atoms with E-state index in [2.05, 4.69) is 43.4 Å². The van der Waals surface area contributed by atoms with Crippen LogP contribution in [0.4, 0.5) is 0 Å². The minimum Gasteiger partial charge on any atom is -0.493 e. The van der Waals surface area contributed by atoms with Crippen molar-refractivity contribution in [1.29, 1.82) is 0 Å². The van der Waals surface area contributed by atoms with Gasteiger partial charge < -0.3 is 14.8 Å². The second-order valence-corrected chi connectivity index (χ2v) is 4.81. The summed E-state index contributed by atoms with van der Waals surface area (Å²) >= 11 is 0. The largest absolute Gasteiger partial charge is 0.493 e. The SMILES string of the molecule is CCC(CC)COc1ccc(CNCCOC)cc1. The smallest absolute Gasteiger partial charge is 0.119 e. The first-order valence-corrected chi connectivity index (χ1v) is 7.21. The predicted octanol–water partition coefficient (Wildman–Crippen LogP) is 3.24. The van der Waals surface area contributed by atoms with Gasteiger partial charge in [0.2, 0.25) is 0 Å². The number of rotatable bonds is 10. The first-order valence-electron chi connectivity index (χ1n) is 7.21. The highest BCUT2D eigenvalue weighted by Gasteiger charge is 2.04. The lowest BCUT2D eigenvalue weighted by molar-refractivity contribution is 0.199. The van der Waals surface area contributed by atoms with Crippen LogP contribution in [0.15, 0.2) is 24.3 Å². The van der Waals surface area contributed by atoms with Crippen molar-refractivity contribution in [3.63, 3.8) is 0 Å². The Balaban J connectivity index is 2.30. The standard InChI is InChI=1S/C16H27NO2/c1-4-14(5-2)13-19-16-8-6-15(7-9-16)12-17-10-11-18-3/h6-9,14,17H,4-5,10-13H2,1-3H3. The Kier molecular flexibility index (Phi) is 8.26. The Morgan fingerprint density at radius 3 is 2.37 bits per heavy atom. The highest BCUT2D eigenvalue weighted by molar-refractivity contribution is 5.27. The van der Waals surface area contributed by atoms with Gasteiger partial charge >= 0.3 is 0 Å². The van der Waals surface area contributed by atoms with Gasteiger partial charge in [-0.15, -0.1) is 0 Å². The molecule has 0 saturated heterocycles. The number of ether oxygens (including phenoxy) is 2. The lowest BCUT2D eigenvalue weighted by atomic mass is 10.1. The molecule has 19 heavy (non-hydrogen) atoms. The summed E-state index contributed by atoms with van der Waals surface area (Å²) < 4.78 is 10.8. The third kappa shape index (κ3) is 6.60. The van der Waals surface area contributed by atoms with Crippen LogP contribution in [0.25, 0.3) is 0 Å². The van der Waals surface area contributed by atoms with Crippen LogP contribution >= 0.6 is 0 Å². The first-order chi connectivity index (χ1) is 9.30. The minimum atomic E-state index is 0.662. The van der Waals surface area contributed by atoms with Crippen LogP contribution in [-0.4, -0.2) is 26.9 Å². The Bertz CT molecular complexity index is 320. The van der Waals surface area contributed by atoms with Crippen molar-refractivity contribution in [1.82, 2.24) is 5.32 Å². The van der Waals surface area contributed by atoms with Crippen LogP contribution in [0, 0.1) is 5.92 Å². The highest BCUT2D eigenvalue weighted by Crippen LogP contribution is 2.15. The molecule has 0 saturated carbocycles. The average Bonchev–Trinajstić information content (AvgIpc) is 2.46. The Morgan fingerprint density at radius 1 is 1.11 bits per heavy atom. The molecule has 0 aliphatic rings. The highest BCUT2D eigenvalue weighted by atomic mass is 16.5. The lowest BCUT2D eigenvalue weighted by Crippen LogP contribution is -2.18. The van der Waals surface area contributed by atoms with E-state index in [-0.39, 0.29) is 0 Å². The molecule has 0 bridgehead atoms. The molecular weight excluding hydrogens is 238 g/mol. The summed E-state index contributed by atoms with van der Waals surface area (Å²) in [4.78, 5) is 0. The van der Waals surface area contributed by atoms with Gasteiger partial charge in [0.25, 0.3) is 0 Å². The lowest BCUT2D eigenvalue weighted by Gasteiger charge is -2.14. The zero-order valence-electron chi connectivity index (χ0n) is 12.4. The van der Waals surface area contributed by atoms with E-state index in [9.17, 15) is 0 Å². The maximum atomic E-state index is 5.81. The van der Waals surface area contributed by atoms with Crippen LogP contribution in [0.1, 0.15) is 32.3 Å². The average molecular weight is 265 g/mol. The van der Waals surface area contributed by atoms with Gasteiger partial charge in [-0.3, -0.25) is 0 Å². The van der Waals surface area contributed by atoms with E-state index in [1.54, 1.807) is 7.11 Å². The number of hydrogen-bond acceptors (Lipinski definition) is 3. The molecule has 1 aromatic rings. The van der Waals surface area contributed by atoms with Gasteiger partial charge in [0.1, 0.15) is 5.75 Å². The van der Waals surface area contributed by atoms with E-state index in [0.717, 1.165) is 32.1 Å². The number of methoxy groups -OCH3 is 1. The van der Waals surface area contributed by atoms with E-state index in [1.165, 1.54) is 18.4 Å². The number of benzene rings is 1. The van der Waals surface area contributed by atoms with Crippen molar-refractivity contribution in [2.45, 2.75) is 33.2 Å². The first kappa shape index (κ1) is 16.0. The molecule has 1 aromatic carbocycles. The van der Waals surface area contributed by atoms with Crippen molar-refractivity contribution in [2.75, 3.05) is 26.9 Å². The molecule has 0 heterocycles. The molecule has 0 spiro atoms. The van der Waals surface area contributed by atoms with Gasteiger partial charge in [0.05, 0.1) is 13.2 Å². The van der Waals surface area contributed by atoms with Crippen molar-refractivity contribution >= 4 is 0 Å². The zero-order valence-corrected chi connectivity index (χ0v) is 12.4. The molecule has 0 aliphatic heterocycles. The minimum absolute atomic E-state index is 0.662. The molecule has 0 fully saturated rings. The molecule has 0 aliphatic carbocycles. The summed E-state index contributed by atoms with van der Waals surface area (Å²) in [7, 11) is 1.72. The fraction of sp³-hybridized carbons (Fsp3) is 0.625. The van der Waals surface area contributed by atoms with E-state index in [4.69, 9.17) is 9.47 Å². The monoisotopic (exact) mass is 265 g/mol. The molecular formula is C16H27NO2. The van der Waals surface area contributed by atoms with Gasteiger partial charge in [-0.05, 0) is 23.6 Å². The van der Waals surface area contributed by atoms with Crippen molar-refractivity contribution in [3.8, 4) is 5.75 Å². The van der Waals surface area contributed by atoms with Crippen molar-refractivity contribution in [2.24, 2.45) is 5.92 Å². The second-order valence-electron chi connectivity index (χ2n) is 4.81. The Morgan fingerprint density at radius 2 is 1.79 bits per heavy atom. The van der Waals surface area contributed by atoms with Crippen molar-refractivity contribution in [3.05, 3.63) is 29.8 Å². The second kappa shape index (κ2) is 9.82. The molecule has 0 radical (unpaired) electrons. The summed E-state index contributed by atoms with van der Waals surface area (Å²) in [5.41, 5.74) is 1.27. The topological polar surface area (TPSA) is 30.5 Å². The molecule has 0 atom stereocenters. The van der Waals surface area contributed by atoms with Gasteiger partial charge in [-0.25, -0.2) is 0 Å². The van der Waals surface area contributed by atoms with Crippen LogP contribution in [0.3, 0.4) is 0 Å². The van der Waals surface area contributed by atoms with Gasteiger partial charge in [-0.1, -0.05) is 38.8 Å². The predicted molar refractivity (Wildman–Crippen MR) is 79.6 cm³/mol. The molecule has 0 amide bonds. The van der Waals surface area contributed by atoms with Crippen LogP contribution in [0.5, 0.6) is 5.75 Å². The maximum absolute atomic E-state index is 5.81. The molecule has 3 nitrogen and oxygen atoms in total. The Hall–Kier alpha value is -1.06. The van der Waals surface area contributed by atoms with Crippen LogP contribution < -0.4 is 10.1 Å². The van der Waals surface area contributed by atoms with Crippen LogP contribution in [-0.2, 0) is 11.3 Å². The maximum Gasteiger partial charge on any atom is 0.119 e. The van der Waals surface area contributed by atoms with Crippen LogP contribution in [0.2, 0.25) is 0 Å². The fourth-order valence-electron chi connectivity index (χ4n) is 1.85. The van der Waals surface area contributed by atoms with E-state index in [1.807, 2.05) is 0 Å². The summed E-state index contributed by atoms with van der Waals surface area (Å²) in [6, 6.07) is 8.33. The molecule has 0 aromatic heterocycles. The molecule has 0 unspecified atom stereocenters. The zero-order chi connectivity index (χ0) is 13.9. The third-order valence-corrected chi connectivity index (χ3v) is 3.38. The summed E-state index contributed by atoms with van der Waals surface area (Å²) in [5, 5.41) is 3.32. The third-order valence-electron chi connectivity index (χ3n) is 3.38. The van der Waals surface area contributed by atoms with Gasteiger partial charge in [0, 0.05) is 20.2 Å². The van der Waals surface area contributed by atoms with Crippen molar-refractivity contribution < 1.29 is 9.47 Å². The quantitative estimate of drug-likeness (QED) is 0.659. The van der Waals surface area contributed by atoms with E-state index in [0.29, 0.717) is 5.92 Å². The fourth-order valence-corrected chi connectivity index (χ4v) is 1.85. The molecule has 108 valence electrons. The van der Waals surface area contributed by atoms with Gasteiger partial charge in [0.15, 0.2) is 0 Å². The van der Waals surface area contributed by atoms with E-state index >= 15 is 0 Å². The summed E-state index contributed by atoms with van der Waals surface area (Å²) in [6.07, 6.45) is 2.36. The Labute approximate surface area is 117 Å². The normalized spacial score (nSPS) is 10.9. The molecule has 3 heteroatoms. The van der Waals surface area contributed by atoms with E-state index < -0.39 is 0 Å². The molecule has 1 rings (SSSR count).